The molecule has 2 aromatic rings. The van der Waals surface area contributed by atoms with E-state index < -0.39 is 11.6 Å². The third-order valence-corrected chi connectivity index (χ3v) is 4.47. The summed E-state index contributed by atoms with van der Waals surface area (Å²) in [5.74, 6) is -1.08. The van der Waals surface area contributed by atoms with E-state index in [-0.39, 0.29) is 6.04 Å². The zero-order valence-electron chi connectivity index (χ0n) is 12.5. The van der Waals surface area contributed by atoms with Gasteiger partial charge in [0.05, 0.1) is 10.7 Å². The van der Waals surface area contributed by atoms with E-state index in [2.05, 4.69) is 17.2 Å². The van der Waals surface area contributed by atoms with Crippen molar-refractivity contribution >= 4 is 11.3 Å². The van der Waals surface area contributed by atoms with E-state index in [0.717, 1.165) is 29.7 Å². The molecule has 0 aliphatic carbocycles. The van der Waals surface area contributed by atoms with Crippen LogP contribution in [0.2, 0.25) is 0 Å². The van der Waals surface area contributed by atoms with Crippen LogP contribution in [0.5, 0.6) is 0 Å². The van der Waals surface area contributed by atoms with Gasteiger partial charge < -0.3 is 5.32 Å². The van der Waals surface area contributed by atoms with Gasteiger partial charge in [0.1, 0.15) is 11.6 Å². The lowest BCUT2D eigenvalue weighted by atomic mass is 10.0. The predicted molar refractivity (Wildman–Crippen MR) is 82.7 cm³/mol. The van der Waals surface area contributed by atoms with Gasteiger partial charge >= 0.3 is 0 Å². The molecule has 1 aromatic carbocycles. The number of hydrogen-bond donors (Lipinski definition) is 1. The minimum absolute atomic E-state index is 0.125. The number of aromatic nitrogens is 1. The number of nitrogens with zero attached hydrogens (tertiary/aromatic N) is 1. The lowest BCUT2D eigenvalue weighted by molar-refractivity contribution is 0.514. The third kappa shape index (κ3) is 4.32. The van der Waals surface area contributed by atoms with E-state index in [0.29, 0.717) is 12.0 Å². The van der Waals surface area contributed by atoms with Crippen LogP contribution in [0.3, 0.4) is 0 Å². The van der Waals surface area contributed by atoms with E-state index in [1.165, 1.54) is 17.0 Å². The summed E-state index contributed by atoms with van der Waals surface area (Å²) >= 11 is 1.64. The van der Waals surface area contributed by atoms with E-state index in [1.807, 2.05) is 13.8 Å². The summed E-state index contributed by atoms with van der Waals surface area (Å²) in [7, 11) is 0. The normalized spacial score (nSPS) is 12.6. The third-order valence-electron chi connectivity index (χ3n) is 3.38. The van der Waals surface area contributed by atoms with Crippen molar-refractivity contribution in [1.29, 1.82) is 0 Å². The van der Waals surface area contributed by atoms with Crippen molar-refractivity contribution in [3.8, 4) is 0 Å². The Morgan fingerprint density at radius 1 is 1.19 bits per heavy atom. The van der Waals surface area contributed by atoms with Crippen molar-refractivity contribution in [3.05, 3.63) is 51.0 Å². The average molecular weight is 310 g/mol. The lowest BCUT2D eigenvalue weighted by Gasteiger charge is -2.18. The molecule has 0 bridgehead atoms. The van der Waals surface area contributed by atoms with E-state index in [9.17, 15) is 8.78 Å². The first-order valence-electron chi connectivity index (χ1n) is 7.12. The minimum Gasteiger partial charge on any atom is -0.310 e. The number of halogens is 2. The predicted octanol–water partition coefficient (Wildman–Crippen LogP) is 4.32. The van der Waals surface area contributed by atoms with Crippen LogP contribution in [0.1, 0.15) is 40.5 Å². The van der Waals surface area contributed by atoms with Gasteiger partial charge in [0.2, 0.25) is 0 Å². The molecule has 1 N–H and O–H groups in total. The Bertz CT molecular complexity index is 571. The Morgan fingerprint density at radius 2 is 1.86 bits per heavy atom. The molecule has 1 atom stereocenters. The van der Waals surface area contributed by atoms with Gasteiger partial charge in [0.15, 0.2) is 0 Å². The Morgan fingerprint density at radius 3 is 2.38 bits per heavy atom. The van der Waals surface area contributed by atoms with Gasteiger partial charge in [0.25, 0.3) is 0 Å². The largest absolute Gasteiger partial charge is 0.310 e. The summed E-state index contributed by atoms with van der Waals surface area (Å²) < 4.78 is 26.9. The molecule has 21 heavy (non-hydrogen) atoms. The first kappa shape index (κ1) is 16.0. The molecule has 0 saturated carbocycles. The van der Waals surface area contributed by atoms with Crippen molar-refractivity contribution in [2.24, 2.45) is 0 Å². The lowest BCUT2D eigenvalue weighted by Crippen LogP contribution is -2.24. The van der Waals surface area contributed by atoms with Gasteiger partial charge in [-0.1, -0.05) is 6.92 Å². The van der Waals surface area contributed by atoms with Gasteiger partial charge in [-0.3, -0.25) is 0 Å². The van der Waals surface area contributed by atoms with Crippen LogP contribution in [-0.4, -0.2) is 11.5 Å². The zero-order valence-corrected chi connectivity index (χ0v) is 13.4. The molecule has 0 saturated heterocycles. The second-order valence-electron chi connectivity index (χ2n) is 5.16. The summed E-state index contributed by atoms with van der Waals surface area (Å²) in [4.78, 5) is 5.70. The number of benzene rings is 1. The molecule has 0 aliphatic heterocycles. The van der Waals surface area contributed by atoms with E-state index in [4.69, 9.17) is 0 Å². The second kappa shape index (κ2) is 7.09. The van der Waals surface area contributed by atoms with Gasteiger partial charge in [-0.05, 0) is 44.5 Å². The van der Waals surface area contributed by atoms with Crippen LogP contribution in [0, 0.1) is 25.5 Å². The molecule has 0 fully saturated rings. The van der Waals surface area contributed by atoms with Crippen LogP contribution in [-0.2, 0) is 6.42 Å². The molecule has 2 rings (SSSR count). The molecule has 5 heteroatoms. The molecular weight excluding hydrogens is 290 g/mol. The molecule has 1 aromatic heterocycles. The van der Waals surface area contributed by atoms with Crippen LogP contribution < -0.4 is 5.32 Å². The quantitative estimate of drug-likeness (QED) is 0.859. The van der Waals surface area contributed by atoms with Gasteiger partial charge in [0, 0.05) is 23.4 Å². The van der Waals surface area contributed by atoms with Gasteiger partial charge in [-0.25, -0.2) is 13.8 Å². The van der Waals surface area contributed by atoms with Gasteiger partial charge in [-0.2, -0.15) is 0 Å². The second-order valence-corrected chi connectivity index (χ2v) is 6.45. The zero-order chi connectivity index (χ0) is 15.4. The van der Waals surface area contributed by atoms with Crippen LogP contribution in [0.15, 0.2) is 18.2 Å². The Hall–Kier alpha value is -1.33. The minimum atomic E-state index is -0.542. The summed E-state index contributed by atoms with van der Waals surface area (Å²) in [6, 6.07) is 3.56. The highest BCUT2D eigenvalue weighted by molar-refractivity contribution is 7.11. The van der Waals surface area contributed by atoms with Crippen molar-refractivity contribution in [3.63, 3.8) is 0 Å². The fourth-order valence-corrected chi connectivity index (χ4v) is 3.18. The van der Waals surface area contributed by atoms with Crippen molar-refractivity contribution in [2.45, 2.75) is 39.7 Å². The molecule has 0 aliphatic rings. The van der Waals surface area contributed by atoms with Crippen molar-refractivity contribution < 1.29 is 8.78 Å². The Balaban J connectivity index is 2.24. The highest BCUT2D eigenvalue weighted by Gasteiger charge is 2.16. The van der Waals surface area contributed by atoms with E-state index >= 15 is 0 Å². The molecule has 1 heterocycles. The van der Waals surface area contributed by atoms with Crippen molar-refractivity contribution in [1.82, 2.24) is 10.3 Å². The van der Waals surface area contributed by atoms with E-state index in [1.54, 1.807) is 11.3 Å². The highest BCUT2D eigenvalue weighted by Crippen LogP contribution is 2.24. The molecule has 2 nitrogen and oxygen atoms in total. The first-order valence-corrected chi connectivity index (χ1v) is 7.93. The summed E-state index contributed by atoms with van der Waals surface area (Å²) in [5, 5.41) is 4.34. The number of rotatable bonds is 6. The number of thiazole rings is 1. The fourth-order valence-electron chi connectivity index (χ4n) is 2.20. The van der Waals surface area contributed by atoms with Crippen LogP contribution in [0.4, 0.5) is 8.78 Å². The number of hydrogen-bond acceptors (Lipinski definition) is 3. The topological polar surface area (TPSA) is 24.9 Å². The van der Waals surface area contributed by atoms with Crippen molar-refractivity contribution in [2.75, 3.05) is 6.54 Å². The standard InChI is InChI=1S/C16H20F2N2S/c1-4-5-19-15(9-16-20-10(2)11(3)21-16)12-6-13(17)8-14(18)7-12/h6-8,15,19H,4-5,9H2,1-3H3. The monoisotopic (exact) mass is 310 g/mol. The molecule has 1 unspecified atom stereocenters. The fraction of sp³-hybridized carbons (Fsp3) is 0.438. The molecular formula is C16H20F2N2S. The molecule has 114 valence electrons. The smallest absolute Gasteiger partial charge is 0.126 e. The summed E-state index contributed by atoms with van der Waals surface area (Å²) in [5.41, 5.74) is 1.65. The number of nitrogens with one attached hydrogen (secondary N) is 1. The maximum absolute atomic E-state index is 13.4. The van der Waals surface area contributed by atoms with Gasteiger partial charge in [-0.15, -0.1) is 11.3 Å². The maximum atomic E-state index is 13.4. The van der Waals surface area contributed by atoms with Crippen LogP contribution in [0.25, 0.3) is 0 Å². The summed E-state index contributed by atoms with van der Waals surface area (Å²) in [6.07, 6.45) is 1.60. The molecule has 0 amide bonds. The maximum Gasteiger partial charge on any atom is 0.126 e. The highest BCUT2D eigenvalue weighted by atomic mass is 32.1. The summed E-state index contributed by atoms with van der Waals surface area (Å²) in [6.45, 7) is 6.87. The SMILES string of the molecule is CCCNC(Cc1nc(C)c(C)s1)c1cc(F)cc(F)c1. The molecule has 0 radical (unpaired) electrons. The Labute approximate surface area is 128 Å². The number of aryl methyl sites for hydroxylation is 2. The first-order chi connectivity index (χ1) is 9.99. The van der Waals surface area contributed by atoms with Crippen LogP contribution >= 0.6 is 11.3 Å². The Kier molecular flexibility index (Phi) is 5.42. The average Bonchev–Trinajstić information content (AvgIpc) is 2.72. The molecule has 0 spiro atoms.